The lowest BCUT2D eigenvalue weighted by Crippen LogP contribution is -2.06. The highest BCUT2D eigenvalue weighted by Crippen LogP contribution is 2.13. The average molecular weight is 308 g/mol. The highest BCUT2D eigenvalue weighted by atomic mass is 35.5. The van der Waals surface area contributed by atoms with E-state index in [0.29, 0.717) is 13.2 Å². The van der Waals surface area contributed by atoms with E-state index >= 15 is 0 Å². The first-order chi connectivity index (χ1) is 10.3. The minimum atomic E-state index is 0.0779. The van der Waals surface area contributed by atoms with E-state index in [0.717, 1.165) is 19.3 Å². The molecule has 0 unspecified atom stereocenters. The van der Waals surface area contributed by atoms with Gasteiger partial charge in [0.25, 0.3) is 0 Å². The summed E-state index contributed by atoms with van der Waals surface area (Å²) in [5.41, 5.74) is 1.28. The monoisotopic (exact) mass is 307 g/mol. The minimum Gasteiger partial charge on any atom is -0.463 e. The van der Waals surface area contributed by atoms with Crippen molar-refractivity contribution in [1.82, 2.24) is 15.0 Å². The normalized spacial score (nSPS) is 10.4. The number of ether oxygens (including phenoxy) is 2. The summed E-state index contributed by atoms with van der Waals surface area (Å²) in [7, 11) is 0. The van der Waals surface area contributed by atoms with Gasteiger partial charge in [-0.3, -0.25) is 0 Å². The predicted octanol–water partition coefficient (Wildman–Crippen LogP) is 3.33. The van der Waals surface area contributed by atoms with Crippen molar-refractivity contribution >= 4 is 11.6 Å². The molecule has 0 aliphatic heterocycles. The van der Waals surface area contributed by atoms with Crippen LogP contribution in [0.1, 0.15) is 25.3 Å². The van der Waals surface area contributed by atoms with E-state index in [2.05, 4.69) is 27.1 Å². The molecule has 5 nitrogen and oxygen atoms in total. The molecule has 21 heavy (non-hydrogen) atoms. The number of nitrogens with zero attached hydrogens (tertiary/aromatic N) is 3. The molecule has 1 heterocycles. The van der Waals surface area contributed by atoms with Crippen molar-refractivity contribution in [1.29, 1.82) is 0 Å². The Morgan fingerprint density at radius 1 is 0.952 bits per heavy atom. The summed E-state index contributed by atoms with van der Waals surface area (Å²) in [5.74, 6) is 0. The molecule has 0 aliphatic rings. The molecule has 0 radical (unpaired) electrons. The molecular weight excluding hydrogens is 290 g/mol. The molecule has 112 valence electrons. The van der Waals surface area contributed by atoms with E-state index in [9.17, 15) is 0 Å². The lowest BCUT2D eigenvalue weighted by Gasteiger charge is -2.07. The van der Waals surface area contributed by atoms with Crippen LogP contribution < -0.4 is 9.47 Å². The lowest BCUT2D eigenvalue weighted by molar-refractivity contribution is 0.259. The molecule has 1 aromatic heterocycles. The van der Waals surface area contributed by atoms with E-state index in [1.807, 2.05) is 25.1 Å². The van der Waals surface area contributed by atoms with Gasteiger partial charge in [0.05, 0.1) is 13.2 Å². The molecule has 0 spiro atoms. The molecule has 2 rings (SSSR count). The molecule has 0 N–H and O–H groups in total. The first kappa shape index (κ1) is 15.5. The van der Waals surface area contributed by atoms with Gasteiger partial charge >= 0.3 is 12.0 Å². The van der Waals surface area contributed by atoms with Crippen LogP contribution in [0.4, 0.5) is 0 Å². The SMILES string of the molecule is CCCOc1nc(Cl)nc(OCCCc2ccccc2)n1. The molecule has 0 aliphatic carbocycles. The van der Waals surface area contributed by atoms with Gasteiger partial charge in [0.2, 0.25) is 5.28 Å². The van der Waals surface area contributed by atoms with Crippen LogP contribution in [-0.4, -0.2) is 28.2 Å². The second-order valence-corrected chi connectivity index (χ2v) is 4.79. The highest BCUT2D eigenvalue weighted by molar-refractivity contribution is 6.28. The minimum absolute atomic E-state index is 0.0779. The van der Waals surface area contributed by atoms with E-state index < -0.39 is 0 Å². The second-order valence-electron chi connectivity index (χ2n) is 4.46. The number of rotatable bonds is 8. The summed E-state index contributed by atoms with van der Waals surface area (Å²) in [6.45, 7) is 3.06. The van der Waals surface area contributed by atoms with Crippen LogP contribution in [0, 0.1) is 0 Å². The molecule has 0 atom stereocenters. The van der Waals surface area contributed by atoms with Gasteiger partial charge in [-0.2, -0.15) is 9.97 Å². The van der Waals surface area contributed by atoms with Crippen molar-refractivity contribution in [3.63, 3.8) is 0 Å². The average Bonchev–Trinajstić information content (AvgIpc) is 2.50. The van der Waals surface area contributed by atoms with E-state index in [1.54, 1.807) is 0 Å². The van der Waals surface area contributed by atoms with Crippen molar-refractivity contribution in [2.45, 2.75) is 26.2 Å². The number of benzene rings is 1. The van der Waals surface area contributed by atoms with Crippen molar-refractivity contribution in [3.8, 4) is 12.0 Å². The van der Waals surface area contributed by atoms with Gasteiger partial charge in [0.15, 0.2) is 0 Å². The van der Waals surface area contributed by atoms with Crippen molar-refractivity contribution in [3.05, 3.63) is 41.2 Å². The van der Waals surface area contributed by atoms with Crippen LogP contribution in [0.15, 0.2) is 30.3 Å². The number of halogens is 1. The molecule has 0 fully saturated rings. The largest absolute Gasteiger partial charge is 0.463 e. The van der Waals surface area contributed by atoms with Gasteiger partial charge in [0, 0.05) is 0 Å². The Balaban J connectivity index is 1.81. The maximum Gasteiger partial charge on any atom is 0.323 e. The first-order valence-electron chi connectivity index (χ1n) is 6.99. The summed E-state index contributed by atoms with van der Waals surface area (Å²) in [6.07, 6.45) is 2.69. The summed E-state index contributed by atoms with van der Waals surface area (Å²) in [5, 5.41) is 0.0779. The Bertz CT molecular complexity index is 552. The predicted molar refractivity (Wildman–Crippen MR) is 80.9 cm³/mol. The van der Waals surface area contributed by atoms with Crippen molar-refractivity contribution < 1.29 is 9.47 Å². The zero-order valence-electron chi connectivity index (χ0n) is 12.0. The quantitative estimate of drug-likeness (QED) is 0.700. The Morgan fingerprint density at radius 2 is 1.62 bits per heavy atom. The van der Waals surface area contributed by atoms with Crippen LogP contribution in [-0.2, 0) is 6.42 Å². The lowest BCUT2D eigenvalue weighted by atomic mass is 10.1. The fraction of sp³-hybridized carbons (Fsp3) is 0.400. The third kappa shape index (κ3) is 5.55. The fourth-order valence-corrected chi connectivity index (χ4v) is 1.87. The third-order valence-electron chi connectivity index (χ3n) is 2.69. The maximum atomic E-state index is 5.82. The zero-order valence-corrected chi connectivity index (χ0v) is 12.7. The van der Waals surface area contributed by atoms with Gasteiger partial charge in [-0.25, -0.2) is 0 Å². The van der Waals surface area contributed by atoms with Crippen LogP contribution >= 0.6 is 11.6 Å². The van der Waals surface area contributed by atoms with Gasteiger partial charge in [0.1, 0.15) is 0 Å². The molecule has 0 bridgehead atoms. The molecule has 2 aromatic rings. The van der Waals surface area contributed by atoms with Gasteiger partial charge in [-0.05, 0) is 36.4 Å². The Hall–Kier alpha value is -1.88. The standard InChI is InChI=1S/C15H18ClN3O2/c1-2-10-20-14-17-13(16)18-15(19-14)21-11-6-9-12-7-4-3-5-8-12/h3-5,7-8H,2,6,9-11H2,1H3. The topological polar surface area (TPSA) is 57.1 Å². The second kappa shape index (κ2) is 8.42. The number of aryl methyl sites for hydroxylation is 1. The summed E-state index contributed by atoms with van der Waals surface area (Å²) in [4.78, 5) is 11.9. The molecule has 0 amide bonds. The van der Waals surface area contributed by atoms with Crippen molar-refractivity contribution in [2.75, 3.05) is 13.2 Å². The maximum absolute atomic E-state index is 5.82. The molecule has 1 aromatic carbocycles. The zero-order chi connectivity index (χ0) is 14.9. The van der Waals surface area contributed by atoms with E-state index in [4.69, 9.17) is 21.1 Å². The molecule has 0 saturated carbocycles. The number of aromatic nitrogens is 3. The van der Waals surface area contributed by atoms with Crippen LogP contribution in [0.3, 0.4) is 0 Å². The smallest absolute Gasteiger partial charge is 0.323 e. The van der Waals surface area contributed by atoms with Crippen LogP contribution in [0.5, 0.6) is 12.0 Å². The first-order valence-corrected chi connectivity index (χ1v) is 7.37. The third-order valence-corrected chi connectivity index (χ3v) is 2.86. The fourth-order valence-electron chi connectivity index (χ4n) is 1.72. The Kier molecular flexibility index (Phi) is 6.22. The van der Waals surface area contributed by atoms with Crippen molar-refractivity contribution in [2.24, 2.45) is 0 Å². The highest BCUT2D eigenvalue weighted by Gasteiger charge is 2.07. The van der Waals surface area contributed by atoms with Gasteiger partial charge < -0.3 is 9.47 Å². The summed E-state index contributed by atoms with van der Waals surface area (Å²) >= 11 is 5.82. The number of hydrogen-bond donors (Lipinski definition) is 0. The van der Waals surface area contributed by atoms with E-state index in [1.165, 1.54) is 5.56 Å². The van der Waals surface area contributed by atoms with Gasteiger partial charge in [-0.1, -0.05) is 37.3 Å². The number of hydrogen-bond acceptors (Lipinski definition) is 5. The van der Waals surface area contributed by atoms with Crippen LogP contribution in [0.2, 0.25) is 5.28 Å². The molecule has 0 saturated heterocycles. The summed E-state index contributed by atoms with van der Waals surface area (Å²) in [6, 6.07) is 10.7. The Morgan fingerprint density at radius 3 is 2.29 bits per heavy atom. The van der Waals surface area contributed by atoms with E-state index in [-0.39, 0.29) is 17.3 Å². The van der Waals surface area contributed by atoms with Gasteiger partial charge in [-0.15, -0.1) is 4.98 Å². The molecule has 6 heteroatoms. The Labute approximate surface area is 129 Å². The van der Waals surface area contributed by atoms with Crippen LogP contribution in [0.25, 0.3) is 0 Å². The summed E-state index contributed by atoms with van der Waals surface area (Å²) < 4.78 is 10.8. The molecular formula is C15H18ClN3O2.